The van der Waals surface area contributed by atoms with Crippen molar-refractivity contribution in [2.24, 2.45) is 0 Å². The lowest BCUT2D eigenvalue weighted by Gasteiger charge is -2.19. The fraction of sp³-hybridized carbons (Fsp3) is 0.417. The Morgan fingerprint density at radius 1 is 0.645 bits per heavy atom. The van der Waals surface area contributed by atoms with Crippen molar-refractivity contribution in [1.29, 1.82) is 0 Å². The summed E-state index contributed by atoms with van der Waals surface area (Å²) in [5.74, 6) is 0.477. The van der Waals surface area contributed by atoms with Gasteiger partial charge in [0.05, 0.1) is 0 Å². The van der Waals surface area contributed by atoms with Crippen LogP contribution in [-0.2, 0) is 19.1 Å². The molecule has 0 radical (unpaired) electrons. The summed E-state index contributed by atoms with van der Waals surface area (Å²) in [5, 5.41) is 0. The molecule has 0 heterocycles. The predicted molar refractivity (Wildman–Crippen MR) is 113 cm³/mol. The van der Waals surface area contributed by atoms with E-state index in [9.17, 15) is 9.59 Å². The molecule has 2 aromatic carbocycles. The first-order valence-corrected chi connectivity index (χ1v) is 12.1. The Kier molecular flexibility index (Phi) is 8.73. The molecule has 2 rings (SSSR count). The average Bonchev–Trinajstić information content (AvgIpc) is 2.64. The molecule has 31 heavy (non-hydrogen) atoms. The van der Waals surface area contributed by atoms with Gasteiger partial charge in [-0.25, -0.2) is 9.59 Å². The van der Waals surface area contributed by atoms with Gasteiger partial charge in [-0.05, 0) is 90.1 Å². The van der Waals surface area contributed by atoms with Crippen molar-refractivity contribution in [2.75, 3.05) is 13.2 Å². The summed E-state index contributed by atoms with van der Waals surface area (Å²) < 4.78 is 23.9. The number of esters is 2. The molecule has 0 fully saturated rings. The number of carbonyl (C=O) groups is 2. The molecule has 0 spiro atoms. The van der Waals surface area contributed by atoms with Gasteiger partial charge in [0.25, 0.3) is 0 Å². The second kappa shape index (κ2) is 10.8. The van der Waals surface area contributed by atoms with E-state index < -0.39 is 23.1 Å². The van der Waals surface area contributed by atoms with Crippen molar-refractivity contribution in [2.45, 2.75) is 52.7 Å². The topological polar surface area (TPSA) is 71.1 Å². The molecule has 0 bridgehead atoms. The monoisotopic (exact) mass is 541 g/mol. The van der Waals surface area contributed by atoms with Crippen molar-refractivity contribution in [3.63, 3.8) is 0 Å². The van der Waals surface area contributed by atoms with E-state index in [0.717, 1.165) is 0 Å². The fourth-order valence-corrected chi connectivity index (χ4v) is 4.50. The van der Waals surface area contributed by atoms with Crippen LogP contribution in [0.25, 0.3) is 0 Å². The second-order valence-corrected chi connectivity index (χ2v) is 11.8. The average molecular weight is 541 g/mol. The highest BCUT2D eigenvalue weighted by Gasteiger charge is 2.19. The van der Waals surface area contributed by atoms with Crippen molar-refractivity contribution >= 4 is 11.9 Å². The quantitative estimate of drug-likeness (QED) is 0.371. The molecule has 7 heteroatoms. The molecule has 0 N–H and O–H groups in total. The lowest BCUT2D eigenvalue weighted by molar-refractivity contribution is -0.597. The van der Waals surface area contributed by atoms with Crippen LogP contribution in [0.1, 0.15) is 41.5 Å². The van der Waals surface area contributed by atoms with E-state index in [1.54, 1.807) is 0 Å². The molecule has 0 aromatic heterocycles. The molecule has 0 saturated carbocycles. The molecule has 6 nitrogen and oxygen atoms in total. The number of hydrogen-bond donors (Lipinski definition) is 0. The van der Waals surface area contributed by atoms with Crippen molar-refractivity contribution in [3.05, 3.63) is 55.7 Å². The number of carbonyl (C=O) groups excluding carboxylic acids is 2. The minimum absolute atomic E-state index is 0.115. The first-order valence-electron chi connectivity index (χ1n) is 9.94. The van der Waals surface area contributed by atoms with E-state index >= 15 is 0 Å². The fourth-order valence-electron chi connectivity index (χ4n) is 2.34. The van der Waals surface area contributed by atoms with E-state index in [1.165, 1.54) is 7.14 Å². The number of halogens is 1. The number of rotatable bonds is 8. The van der Waals surface area contributed by atoms with Crippen LogP contribution in [0.3, 0.4) is 0 Å². The Morgan fingerprint density at radius 3 is 1.26 bits per heavy atom. The summed E-state index contributed by atoms with van der Waals surface area (Å²) in [5.41, 5.74) is -1.05. The van der Waals surface area contributed by atoms with Crippen molar-refractivity contribution in [3.8, 4) is 11.5 Å². The molecule has 168 valence electrons. The Morgan fingerprint density at radius 2 is 0.968 bits per heavy atom. The smallest absolute Gasteiger partial charge is 0.357 e. The summed E-state index contributed by atoms with van der Waals surface area (Å²) in [4.78, 5) is 23.5. The summed E-state index contributed by atoms with van der Waals surface area (Å²) in [7, 11) is 0. The largest absolute Gasteiger partial charge is 0.482 e. The molecule has 0 aliphatic heterocycles. The Hall–Kier alpha value is -2.29. The van der Waals surface area contributed by atoms with Crippen LogP contribution in [-0.4, -0.2) is 36.4 Å². The van der Waals surface area contributed by atoms with Gasteiger partial charge in [0.15, 0.2) is 20.4 Å². The predicted octanol–water partition coefficient (Wildman–Crippen LogP) is 1.26. The van der Waals surface area contributed by atoms with Gasteiger partial charge in [-0.2, -0.15) is 0 Å². The summed E-state index contributed by atoms with van der Waals surface area (Å²) in [6.07, 6.45) is 0. The molecule has 0 amide bonds. The van der Waals surface area contributed by atoms with Crippen LogP contribution < -0.4 is 30.7 Å². The molecule has 2 aromatic rings. The summed E-state index contributed by atoms with van der Waals surface area (Å²) in [6, 6.07) is 15.5. The molecule has 0 unspecified atom stereocenters. The van der Waals surface area contributed by atoms with Gasteiger partial charge in [0.1, 0.15) is 22.7 Å². The third-order valence-corrected chi connectivity index (χ3v) is 6.08. The van der Waals surface area contributed by atoms with Gasteiger partial charge >= 0.3 is 33.1 Å². The number of benzene rings is 2. The van der Waals surface area contributed by atoms with Crippen LogP contribution in [0.5, 0.6) is 11.5 Å². The maximum absolute atomic E-state index is 11.7. The van der Waals surface area contributed by atoms with Gasteiger partial charge in [0.2, 0.25) is 0 Å². The standard InChI is InChI=1S/C24H30IO6/c1-23(2,3)30-21(26)15-28-19-11-7-17(8-12-19)25-18-9-13-20(14-10-18)29-16-22(27)31-24(4,5)6/h7-14H,15-16H2,1-6H3/q+1. The van der Waals surface area contributed by atoms with Gasteiger partial charge in [-0.1, -0.05) is 0 Å². The van der Waals surface area contributed by atoms with E-state index in [0.29, 0.717) is 11.5 Å². The zero-order chi connectivity index (χ0) is 23.1. The van der Waals surface area contributed by atoms with Crippen LogP contribution in [0.2, 0.25) is 0 Å². The van der Waals surface area contributed by atoms with E-state index in [-0.39, 0.29) is 34.4 Å². The molecular formula is C24H30IO6+. The van der Waals surface area contributed by atoms with E-state index in [2.05, 4.69) is 0 Å². The Labute approximate surface area is 194 Å². The first-order chi connectivity index (χ1) is 14.4. The molecule has 0 saturated heterocycles. The number of ether oxygens (including phenoxy) is 4. The molecule has 0 aliphatic rings. The molecule has 0 atom stereocenters. The van der Waals surface area contributed by atoms with Crippen molar-refractivity contribution < 1.29 is 49.7 Å². The van der Waals surface area contributed by atoms with Crippen LogP contribution in [0.15, 0.2) is 48.5 Å². The van der Waals surface area contributed by atoms with Gasteiger partial charge in [-0.3, -0.25) is 0 Å². The third-order valence-electron chi connectivity index (χ3n) is 3.40. The highest BCUT2D eigenvalue weighted by Crippen LogP contribution is 2.12. The summed E-state index contributed by atoms with van der Waals surface area (Å²) >= 11 is -0.374. The summed E-state index contributed by atoms with van der Waals surface area (Å²) in [6.45, 7) is 10.7. The van der Waals surface area contributed by atoms with Gasteiger partial charge in [0, 0.05) is 0 Å². The zero-order valence-corrected chi connectivity index (χ0v) is 21.0. The first kappa shape index (κ1) is 25.0. The third kappa shape index (κ3) is 10.5. The minimum Gasteiger partial charge on any atom is -0.482 e. The second-order valence-electron chi connectivity index (χ2n) is 8.75. The minimum atomic E-state index is -0.523. The maximum Gasteiger partial charge on any atom is 0.357 e. The van der Waals surface area contributed by atoms with E-state index in [4.69, 9.17) is 18.9 Å². The van der Waals surface area contributed by atoms with Gasteiger partial charge in [-0.15, -0.1) is 0 Å². The lowest BCUT2D eigenvalue weighted by Crippen LogP contribution is -3.61. The van der Waals surface area contributed by atoms with Crippen LogP contribution in [0.4, 0.5) is 0 Å². The van der Waals surface area contributed by atoms with Crippen LogP contribution >= 0.6 is 0 Å². The van der Waals surface area contributed by atoms with Gasteiger partial charge < -0.3 is 18.9 Å². The molecule has 0 aliphatic carbocycles. The highest BCUT2D eigenvalue weighted by atomic mass is 127. The van der Waals surface area contributed by atoms with Crippen LogP contribution in [0, 0.1) is 7.14 Å². The maximum atomic E-state index is 11.7. The Balaban J connectivity index is 1.81. The SMILES string of the molecule is CC(C)(C)OC(=O)COc1ccc([I+]c2ccc(OCC(=O)OC(C)(C)C)cc2)cc1. The Bertz CT molecular complexity index is 787. The highest BCUT2D eigenvalue weighted by molar-refractivity contribution is 5.72. The van der Waals surface area contributed by atoms with E-state index in [1.807, 2.05) is 90.1 Å². The number of hydrogen-bond acceptors (Lipinski definition) is 6. The van der Waals surface area contributed by atoms with Crippen molar-refractivity contribution in [1.82, 2.24) is 0 Å². The molecular weight excluding hydrogens is 511 g/mol. The zero-order valence-electron chi connectivity index (χ0n) is 18.9. The normalized spacial score (nSPS) is 11.5. The lowest BCUT2D eigenvalue weighted by atomic mass is 10.2.